The molecule has 2 N–H and O–H groups in total. The van der Waals surface area contributed by atoms with E-state index in [1.165, 1.54) is 0 Å². The average Bonchev–Trinajstić information content (AvgIpc) is 2.69. The number of fused-ring (bicyclic) bond motifs is 1. The number of aromatic nitrogens is 2. The summed E-state index contributed by atoms with van der Waals surface area (Å²) >= 11 is 6.07. The van der Waals surface area contributed by atoms with Crippen molar-refractivity contribution in [1.29, 1.82) is 0 Å². The van der Waals surface area contributed by atoms with E-state index in [1.54, 1.807) is 0 Å². The molecule has 1 aromatic carbocycles. The fourth-order valence-electron chi connectivity index (χ4n) is 2.30. The minimum Gasteiger partial charge on any atom is -0.327 e. The van der Waals surface area contributed by atoms with Gasteiger partial charge in [0.2, 0.25) is 0 Å². The highest BCUT2D eigenvalue weighted by molar-refractivity contribution is 6.31. The van der Waals surface area contributed by atoms with Gasteiger partial charge < -0.3 is 10.3 Å². The summed E-state index contributed by atoms with van der Waals surface area (Å²) < 4.78 is 2.21. The van der Waals surface area contributed by atoms with Gasteiger partial charge in [0, 0.05) is 11.6 Å². The molecular formula is C14H20ClN3. The Labute approximate surface area is 113 Å². The van der Waals surface area contributed by atoms with E-state index in [0.29, 0.717) is 0 Å². The van der Waals surface area contributed by atoms with Crippen molar-refractivity contribution in [1.82, 2.24) is 9.55 Å². The molecule has 2 rings (SSSR count). The smallest absolute Gasteiger partial charge is 0.126 e. The van der Waals surface area contributed by atoms with Crippen molar-refractivity contribution in [2.24, 2.45) is 5.73 Å². The molecule has 4 heteroatoms. The molecule has 1 unspecified atom stereocenters. The Kier molecular flexibility index (Phi) is 4.25. The van der Waals surface area contributed by atoms with Crippen LogP contribution in [-0.4, -0.2) is 9.55 Å². The maximum Gasteiger partial charge on any atom is 0.126 e. The standard InChI is InChI=1S/C14H20ClN3/c1-3-5-11(16)14-17-12-7-6-10(15)9-13(12)18(14)8-4-2/h6-7,9,11H,3-5,8,16H2,1-2H3. The third-order valence-electron chi connectivity index (χ3n) is 3.12. The van der Waals surface area contributed by atoms with E-state index < -0.39 is 0 Å². The van der Waals surface area contributed by atoms with Crippen LogP contribution in [0.3, 0.4) is 0 Å². The minimum atomic E-state index is 0.00715. The first-order valence-corrected chi connectivity index (χ1v) is 6.96. The molecule has 0 saturated heterocycles. The normalized spacial score (nSPS) is 13.1. The first-order valence-electron chi connectivity index (χ1n) is 6.58. The van der Waals surface area contributed by atoms with Crippen molar-refractivity contribution in [2.45, 2.75) is 45.7 Å². The zero-order valence-corrected chi connectivity index (χ0v) is 11.7. The fraction of sp³-hybridized carbons (Fsp3) is 0.500. The second kappa shape index (κ2) is 5.72. The highest BCUT2D eigenvalue weighted by Gasteiger charge is 2.16. The summed E-state index contributed by atoms with van der Waals surface area (Å²) in [7, 11) is 0. The van der Waals surface area contributed by atoms with Gasteiger partial charge in [-0.2, -0.15) is 0 Å². The number of aryl methyl sites for hydroxylation is 1. The fourth-order valence-corrected chi connectivity index (χ4v) is 2.46. The van der Waals surface area contributed by atoms with Crippen LogP contribution in [0.15, 0.2) is 18.2 Å². The predicted octanol–water partition coefficient (Wildman–Crippen LogP) is 3.90. The molecule has 0 amide bonds. The van der Waals surface area contributed by atoms with Gasteiger partial charge in [0.15, 0.2) is 0 Å². The Morgan fingerprint density at radius 1 is 1.33 bits per heavy atom. The number of halogens is 1. The molecule has 0 bridgehead atoms. The number of hydrogen-bond acceptors (Lipinski definition) is 2. The van der Waals surface area contributed by atoms with Crippen molar-refractivity contribution in [3.05, 3.63) is 29.0 Å². The highest BCUT2D eigenvalue weighted by atomic mass is 35.5. The van der Waals surface area contributed by atoms with Crippen LogP contribution in [0, 0.1) is 0 Å². The summed E-state index contributed by atoms with van der Waals surface area (Å²) in [4.78, 5) is 4.67. The summed E-state index contributed by atoms with van der Waals surface area (Å²) in [5.41, 5.74) is 8.29. The summed E-state index contributed by atoms with van der Waals surface area (Å²) in [5.74, 6) is 0.982. The first-order chi connectivity index (χ1) is 8.67. The van der Waals surface area contributed by atoms with Crippen LogP contribution in [0.1, 0.15) is 45.0 Å². The monoisotopic (exact) mass is 265 g/mol. The molecule has 0 saturated carbocycles. The van der Waals surface area contributed by atoms with E-state index >= 15 is 0 Å². The zero-order chi connectivity index (χ0) is 13.1. The van der Waals surface area contributed by atoms with Gasteiger partial charge in [0.25, 0.3) is 0 Å². The molecule has 0 radical (unpaired) electrons. The Morgan fingerprint density at radius 3 is 2.78 bits per heavy atom. The van der Waals surface area contributed by atoms with Gasteiger partial charge in [-0.15, -0.1) is 0 Å². The van der Waals surface area contributed by atoms with Gasteiger partial charge in [-0.25, -0.2) is 4.98 Å². The molecule has 2 aromatic rings. The molecule has 0 aliphatic heterocycles. The first kappa shape index (κ1) is 13.4. The number of benzene rings is 1. The van der Waals surface area contributed by atoms with Crippen LogP contribution in [-0.2, 0) is 6.54 Å². The van der Waals surface area contributed by atoms with Crippen LogP contribution >= 0.6 is 11.6 Å². The van der Waals surface area contributed by atoms with E-state index in [1.807, 2.05) is 18.2 Å². The Morgan fingerprint density at radius 2 is 2.11 bits per heavy atom. The number of imidazole rings is 1. The van der Waals surface area contributed by atoms with E-state index in [9.17, 15) is 0 Å². The van der Waals surface area contributed by atoms with Gasteiger partial charge in [-0.3, -0.25) is 0 Å². The van der Waals surface area contributed by atoms with Crippen LogP contribution < -0.4 is 5.73 Å². The Hall–Kier alpha value is -1.06. The third-order valence-corrected chi connectivity index (χ3v) is 3.35. The maximum absolute atomic E-state index is 6.22. The lowest BCUT2D eigenvalue weighted by molar-refractivity contribution is 0.552. The summed E-state index contributed by atoms with van der Waals surface area (Å²) in [6, 6.07) is 5.82. The van der Waals surface area contributed by atoms with Gasteiger partial charge in [0.1, 0.15) is 5.82 Å². The maximum atomic E-state index is 6.22. The highest BCUT2D eigenvalue weighted by Crippen LogP contribution is 2.25. The topological polar surface area (TPSA) is 43.8 Å². The average molecular weight is 266 g/mol. The lowest BCUT2D eigenvalue weighted by Crippen LogP contribution is -2.16. The van der Waals surface area contributed by atoms with Crippen molar-refractivity contribution < 1.29 is 0 Å². The lowest BCUT2D eigenvalue weighted by Gasteiger charge is -2.13. The lowest BCUT2D eigenvalue weighted by atomic mass is 10.1. The van der Waals surface area contributed by atoms with Crippen molar-refractivity contribution in [2.75, 3.05) is 0 Å². The van der Waals surface area contributed by atoms with Crippen LogP contribution in [0.2, 0.25) is 5.02 Å². The van der Waals surface area contributed by atoms with Crippen LogP contribution in [0.25, 0.3) is 11.0 Å². The largest absolute Gasteiger partial charge is 0.327 e. The number of nitrogens with zero attached hydrogens (tertiary/aromatic N) is 2. The molecule has 98 valence electrons. The second-order valence-electron chi connectivity index (χ2n) is 4.65. The number of nitrogens with two attached hydrogens (primary N) is 1. The van der Waals surface area contributed by atoms with Crippen molar-refractivity contribution in [3.8, 4) is 0 Å². The number of hydrogen-bond donors (Lipinski definition) is 1. The van der Waals surface area contributed by atoms with E-state index in [0.717, 1.165) is 47.7 Å². The van der Waals surface area contributed by atoms with Crippen LogP contribution in [0.4, 0.5) is 0 Å². The Bertz CT molecular complexity index is 533. The second-order valence-corrected chi connectivity index (χ2v) is 5.09. The van der Waals surface area contributed by atoms with E-state index in [2.05, 4.69) is 23.4 Å². The van der Waals surface area contributed by atoms with E-state index in [4.69, 9.17) is 17.3 Å². The van der Waals surface area contributed by atoms with E-state index in [-0.39, 0.29) is 6.04 Å². The van der Waals surface area contributed by atoms with Crippen molar-refractivity contribution in [3.63, 3.8) is 0 Å². The molecule has 1 atom stereocenters. The van der Waals surface area contributed by atoms with Gasteiger partial charge >= 0.3 is 0 Å². The summed E-state index contributed by atoms with van der Waals surface area (Å²) in [5, 5.41) is 0.746. The molecule has 3 nitrogen and oxygen atoms in total. The SMILES string of the molecule is CCCC(N)c1nc2ccc(Cl)cc2n1CCC. The molecule has 1 heterocycles. The quantitative estimate of drug-likeness (QED) is 0.891. The molecule has 18 heavy (non-hydrogen) atoms. The van der Waals surface area contributed by atoms with Gasteiger partial charge in [-0.05, 0) is 31.0 Å². The molecule has 0 aliphatic rings. The molecular weight excluding hydrogens is 246 g/mol. The summed E-state index contributed by atoms with van der Waals surface area (Å²) in [6.07, 6.45) is 3.09. The zero-order valence-electron chi connectivity index (χ0n) is 11.0. The molecule has 0 fully saturated rings. The minimum absolute atomic E-state index is 0.00715. The van der Waals surface area contributed by atoms with Crippen molar-refractivity contribution >= 4 is 22.6 Å². The predicted molar refractivity (Wildman–Crippen MR) is 76.9 cm³/mol. The molecule has 0 aliphatic carbocycles. The van der Waals surface area contributed by atoms with Crippen LogP contribution in [0.5, 0.6) is 0 Å². The molecule has 1 aromatic heterocycles. The third kappa shape index (κ3) is 2.52. The molecule has 0 spiro atoms. The number of rotatable bonds is 5. The summed E-state index contributed by atoms with van der Waals surface area (Å²) in [6.45, 7) is 5.23. The van der Waals surface area contributed by atoms with Gasteiger partial charge in [0.05, 0.1) is 17.1 Å². The Balaban J connectivity index is 2.54. The van der Waals surface area contributed by atoms with Gasteiger partial charge in [-0.1, -0.05) is 31.9 Å².